The largest absolute Gasteiger partial charge is 0.478 e. The molecule has 1 unspecified atom stereocenters. The third-order valence-corrected chi connectivity index (χ3v) is 4.92. The van der Waals surface area contributed by atoms with Crippen molar-refractivity contribution in [1.82, 2.24) is 4.37 Å². The molecule has 7 heteroatoms. The number of hydrogen-bond donors (Lipinski definition) is 1. The molecule has 1 aliphatic rings. The predicted octanol–water partition coefficient (Wildman–Crippen LogP) is 2.08. The van der Waals surface area contributed by atoms with Crippen LogP contribution in [0.1, 0.15) is 43.2 Å². The van der Waals surface area contributed by atoms with Gasteiger partial charge in [-0.2, -0.15) is 4.37 Å². The Kier molecular flexibility index (Phi) is 3.41. The van der Waals surface area contributed by atoms with Gasteiger partial charge in [0.2, 0.25) is 11.8 Å². The fourth-order valence-corrected chi connectivity index (χ4v) is 3.16. The maximum atomic E-state index is 12.6. The highest BCUT2D eigenvalue weighted by molar-refractivity contribution is 7.11. The first-order chi connectivity index (χ1) is 9.20. The number of anilines is 1. The minimum atomic E-state index is -1.18. The van der Waals surface area contributed by atoms with Crippen LogP contribution in [0.25, 0.3) is 0 Å². The number of amides is 2. The molecule has 0 bridgehead atoms. The summed E-state index contributed by atoms with van der Waals surface area (Å²) in [5, 5.41) is 9.34. The number of carboxylic acids is 1. The number of rotatable bonds is 3. The van der Waals surface area contributed by atoms with E-state index in [1.807, 2.05) is 13.8 Å². The second-order valence-corrected chi connectivity index (χ2v) is 6.29. The van der Waals surface area contributed by atoms with Crippen LogP contribution in [0.3, 0.4) is 0 Å². The smallest absolute Gasteiger partial charge is 0.340 e. The summed E-state index contributed by atoms with van der Waals surface area (Å²) in [7, 11) is 0. The fourth-order valence-electron chi connectivity index (χ4n) is 2.25. The molecular weight excluding hydrogens is 280 g/mol. The molecule has 1 atom stereocenters. The SMILES string of the molecule is Cc1nsc(N2C(=O)CC(C)(C(C)C)C2=O)c1C(=O)O. The number of carbonyl (C=O) groups excluding carboxylic acids is 2. The summed E-state index contributed by atoms with van der Waals surface area (Å²) in [6.07, 6.45) is 0.0967. The Labute approximate surface area is 120 Å². The Hall–Kier alpha value is -1.76. The number of aromatic carboxylic acids is 1. The molecule has 1 fully saturated rings. The van der Waals surface area contributed by atoms with Gasteiger partial charge in [0.05, 0.1) is 11.1 Å². The van der Waals surface area contributed by atoms with Crippen molar-refractivity contribution in [3.63, 3.8) is 0 Å². The van der Waals surface area contributed by atoms with Gasteiger partial charge in [-0.05, 0) is 31.3 Å². The lowest BCUT2D eigenvalue weighted by Crippen LogP contribution is -2.37. The number of imide groups is 1. The fraction of sp³-hybridized carbons (Fsp3) is 0.538. The maximum Gasteiger partial charge on any atom is 0.340 e. The van der Waals surface area contributed by atoms with E-state index in [-0.39, 0.29) is 34.7 Å². The van der Waals surface area contributed by atoms with Gasteiger partial charge in [-0.1, -0.05) is 13.8 Å². The lowest BCUT2D eigenvalue weighted by molar-refractivity contribution is -0.126. The van der Waals surface area contributed by atoms with Crippen LogP contribution in [0.15, 0.2) is 0 Å². The molecule has 0 saturated carbocycles. The van der Waals surface area contributed by atoms with Crippen molar-refractivity contribution in [1.29, 1.82) is 0 Å². The molecule has 6 nitrogen and oxygen atoms in total. The Morgan fingerprint density at radius 2 is 2.05 bits per heavy atom. The van der Waals surface area contributed by atoms with Gasteiger partial charge in [0.1, 0.15) is 10.6 Å². The molecule has 2 heterocycles. The summed E-state index contributed by atoms with van der Waals surface area (Å²) in [5.74, 6) is -1.89. The Bertz CT molecular complexity index is 608. The van der Waals surface area contributed by atoms with E-state index in [1.165, 1.54) is 0 Å². The standard InChI is InChI=1S/C13H16N2O4S/c1-6(2)13(4)5-8(16)15(12(13)19)10-9(11(17)18)7(3)14-20-10/h6H,5H2,1-4H3,(H,17,18). The minimum absolute atomic E-state index is 0.00811. The van der Waals surface area contributed by atoms with Gasteiger partial charge in [-0.3, -0.25) is 9.59 Å². The van der Waals surface area contributed by atoms with E-state index < -0.39 is 11.4 Å². The van der Waals surface area contributed by atoms with Crippen LogP contribution in [0, 0.1) is 18.3 Å². The highest BCUT2D eigenvalue weighted by Crippen LogP contribution is 2.43. The maximum absolute atomic E-state index is 12.6. The van der Waals surface area contributed by atoms with Crippen LogP contribution < -0.4 is 4.90 Å². The first kappa shape index (κ1) is 14.6. The molecular formula is C13H16N2O4S. The van der Waals surface area contributed by atoms with Crippen LogP contribution in [0.5, 0.6) is 0 Å². The lowest BCUT2D eigenvalue weighted by Gasteiger charge is -2.25. The van der Waals surface area contributed by atoms with Gasteiger partial charge >= 0.3 is 5.97 Å². The highest BCUT2D eigenvalue weighted by atomic mass is 32.1. The second kappa shape index (κ2) is 4.66. The molecule has 2 amide bonds. The number of aryl methyl sites for hydroxylation is 1. The molecule has 1 N–H and O–H groups in total. The molecule has 1 aromatic heterocycles. The predicted molar refractivity (Wildman–Crippen MR) is 73.9 cm³/mol. The van der Waals surface area contributed by atoms with Gasteiger partial charge in [-0.25, -0.2) is 9.69 Å². The van der Waals surface area contributed by atoms with E-state index in [9.17, 15) is 19.5 Å². The average molecular weight is 296 g/mol. The first-order valence-electron chi connectivity index (χ1n) is 6.27. The van der Waals surface area contributed by atoms with Crippen molar-refractivity contribution >= 4 is 34.3 Å². The normalized spacial score (nSPS) is 22.9. The Morgan fingerprint density at radius 3 is 2.50 bits per heavy atom. The molecule has 108 valence electrons. The zero-order valence-corrected chi connectivity index (χ0v) is 12.6. The van der Waals surface area contributed by atoms with Crippen LogP contribution in [0.2, 0.25) is 0 Å². The van der Waals surface area contributed by atoms with Gasteiger partial charge in [0, 0.05) is 6.42 Å². The monoisotopic (exact) mass is 296 g/mol. The number of hydrogen-bond acceptors (Lipinski definition) is 5. The topological polar surface area (TPSA) is 87.6 Å². The number of nitrogens with zero attached hydrogens (tertiary/aromatic N) is 2. The molecule has 1 saturated heterocycles. The average Bonchev–Trinajstić information content (AvgIpc) is 2.79. The summed E-state index contributed by atoms with van der Waals surface area (Å²) < 4.78 is 3.96. The number of aromatic nitrogens is 1. The molecule has 0 aliphatic carbocycles. The molecule has 20 heavy (non-hydrogen) atoms. The minimum Gasteiger partial charge on any atom is -0.478 e. The summed E-state index contributed by atoms with van der Waals surface area (Å²) in [5.41, 5.74) is -0.536. The number of carboxylic acid groups (broad SMARTS) is 1. The van der Waals surface area contributed by atoms with Crippen molar-refractivity contribution in [2.24, 2.45) is 11.3 Å². The van der Waals surface area contributed by atoms with Crippen molar-refractivity contribution in [3.05, 3.63) is 11.3 Å². The Balaban J connectivity index is 2.52. The van der Waals surface area contributed by atoms with Crippen LogP contribution in [0.4, 0.5) is 5.00 Å². The van der Waals surface area contributed by atoms with Gasteiger partial charge in [-0.15, -0.1) is 0 Å². The van der Waals surface area contributed by atoms with Crippen molar-refractivity contribution in [2.45, 2.75) is 34.1 Å². The van der Waals surface area contributed by atoms with E-state index in [0.717, 1.165) is 16.4 Å². The third-order valence-electron chi connectivity index (χ3n) is 4.00. The Morgan fingerprint density at radius 1 is 1.45 bits per heavy atom. The highest BCUT2D eigenvalue weighted by Gasteiger charge is 2.52. The van der Waals surface area contributed by atoms with Crippen LogP contribution >= 0.6 is 11.5 Å². The van der Waals surface area contributed by atoms with Crippen LogP contribution in [-0.4, -0.2) is 27.3 Å². The lowest BCUT2D eigenvalue weighted by atomic mass is 9.78. The zero-order valence-electron chi connectivity index (χ0n) is 11.8. The number of carbonyl (C=O) groups is 3. The van der Waals surface area contributed by atoms with Gasteiger partial charge in [0.25, 0.3) is 0 Å². The van der Waals surface area contributed by atoms with Gasteiger partial charge < -0.3 is 5.11 Å². The summed E-state index contributed by atoms with van der Waals surface area (Å²) in [4.78, 5) is 37.0. The molecule has 2 rings (SSSR count). The second-order valence-electron chi connectivity index (χ2n) is 5.54. The third kappa shape index (κ3) is 1.93. The first-order valence-corrected chi connectivity index (χ1v) is 7.04. The van der Waals surface area contributed by atoms with E-state index in [4.69, 9.17) is 0 Å². The van der Waals surface area contributed by atoms with Crippen molar-refractivity contribution < 1.29 is 19.5 Å². The van der Waals surface area contributed by atoms with Crippen molar-refractivity contribution in [2.75, 3.05) is 4.90 Å². The quantitative estimate of drug-likeness (QED) is 0.863. The van der Waals surface area contributed by atoms with Gasteiger partial charge in [0.15, 0.2) is 0 Å². The summed E-state index contributed by atoms with van der Waals surface area (Å²) >= 11 is 0.875. The van der Waals surface area contributed by atoms with E-state index >= 15 is 0 Å². The molecule has 0 radical (unpaired) electrons. The zero-order chi connectivity index (χ0) is 15.2. The molecule has 0 spiro atoms. The van der Waals surface area contributed by atoms with E-state index in [1.54, 1.807) is 13.8 Å². The summed E-state index contributed by atoms with van der Waals surface area (Å²) in [6.45, 7) is 7.05. The molecule has 0 aromatic carbocycles. The van der Waals surface area contributed by atoms with E-state index in [2.05, 4.69) is 4.37 Å². The van der Waals surface area contributed by atoms with Crippen LogP contribution in [-0.2, 0) is 9.59 Å². The van der Waals surface area contributed by atoms with Crippen molar-refractivity contribution in [3.8, 4) is 0 Å². The molecule has 1 aromatic rings. The molecule has 1 aliphatic heterocycles. The summed E-state index contributed by atoms with van der Waals surface area (Å²) in [6, 6.07) is 0. The van der Waals surface area contributed by atoms with E-state index in [0.29, 0.717) is 5.69 Å².